The number of thiocarbonyl (C=S) groups is 1. The Morgan fingerprint density at radius 3 is 2.40 bits per heavy atom. The number of methoxy groups -OCH3 is 1. The molecule has 0 spiro atoms. The van der Waals surface area contributed by atoms with E-state index in [1.54, 1.807) is 18.2 Å². The minimum Gasteiger partial charge on any atom is -0.465 e. The Morgan fingerprint density at radius 2 is 1.73 bits per heavy atom. The van der Waals surface area contributed by atoms with Crippen LogP contribution in [0.25, 0.3) is 0 Å². The SMILES string of the molecule is COC(=O)c1ccc(Sc2ccc(Cl)cc2)c(NC(=S)Nc2ccc(C)c(Cl)c2)c1. The molecule has 0 aromatic heterocycles. The van der Waals surface area contributed by atoms with Crippen molar-refractivity contribution in [2.45, 2.75) is 16.7 Å². The predicted octanol–water partition coefficient (Wildman–Crippen LogP) is 7.05. The highest BCUT2D eigenvalue weighted by molar-refractivity contribution is 7.99. The molecule has 0 fully saturated rings. The number of hydrogen-bond acceptors (Lipinski definition) is 4. The third-order valence-corrected chi connectivity index (χ3v) is 6.07. The number of aryl methyl sites for hydroxylation is 1. The number of halogens is 2. The van der Waals surface area contributed by atoms with E-state index in [2.05, 4.69) is 10.6 Å². The maximum absolute atomic E-state index is 12.0. The van der Waals surface area contributed by atoms with Crippen molar-refractivity contribution in [3.8, 4) is 0 Å². The lowest BCUT2D eigenvalue weighted by molar-refractivity contribution is 0.0600. The molecule has 0 bridgehead atoms. The number of rotatable bonds is 5. The van der Waals surface area contributed by atoms with Crippen LogP contribution < -0.4 is 10.6 Å². The summed E-state index contributed by atoms with van der Waals surface area (Å²) in [5, 5.41) is 7.96. The van der Waals surface area contributed by atoms with Gasteiger partial charge in [-0.05, 0) is 79.3 Å². The Morgan fingerprint density at radius 1 is 1.00 bits per heavy atom. The van der Waals surface area contributed by atoms with E-state index < -0.39 is 5.97 Å². The monoisotopic (exact) mass is 476 g/mol. The first-order valence-electron chi connectivity index (χ1n) is 8.85. The second-order valence-corrected chi connectivity index (χ2v) is 8.67. The van der Waals surface area contributed by atoms with Gasteiger partial charge < -0.3 is 15.4 Å². The molecule has 0 aliphatic carbocycles. The fourth-order valence-electron chi connectivity index (χ4n) is 2.55. The van der Waals surface area contributed by atoms with Crippen LogP contribution in [0.4, 0.5) is 11.4 Å². The maximum Gasteiger partial charge on any atom is 0.337 e. The maximum atomic E-state index is 12.0. The van der Waals surface area contributed by atoms with E-state index in [0.717, 1.165) is 21.0 Å². The summed E-state index contributed by atoms with van der Waals surface area (Å²) in [6.07, 6.45) is 0. The lowest BCUT2D eigenvalue weighted by Crippen LogP contribution is -2.20. The third-order valence-electron chi connectivity index (χ3n) is 4.12. The van der Waals surface area contributed by atoms with Gasteiger partial charge in [0, 0.05) is 25.5 Å². The third kappa shape index (κ3) is 5.89. The summed E-state index contributed by atoms with van der Waals surface area (Å²) < 4.78 is 4.84. The van der Waals surface area contributed by atoms with Gasteiger partial charge in [0.15, 0.2) is 5.11 Å². The number of esters is 1. The molecule has 0 amide bonds. The average molecular weight is 477 g/mol. The molecule has 0 saturated carbocycles. The fourth-order valence-corrected chi connectivity index (χ4v) is 3.96. The largest absolute Gasteiger partial charge is 0.465 e. The van der Waals surface area contributed by atoms with Crippen LogP contribution in [0, 0.1) is 6.92 Å². The van der Waals surface area contributed by atoms with Crippen LogP contribution in [0.2, 0.25) is 10.0 Å². The van der Waals surface area contributed by atoms with Crippen LogP contribution in [-0.4, -0.2) is 18.2 Å². The van der Waals surface area contributed by atoms with Crippen LogP contribution in [-0.2, 0) is 4.74 Å². The Balaban J connectivity index is 1.85. The van der Waals surface area contributed by atoms with Crippen molar-refractivity contribution in [3.63, 3.8) is 0 Å². The van der Waals surface area contributed by atoms with E-state index in [1.165, 1.54) is 18.9 Å². The van der Waals surface area contributed by atoms with Crippen molar-refractivity contribution in [2.75, 3.05) is 17.7 Å². The molecule has 154 valence electrons. The number of ether oxygens (including phenoxy) is 1. The summed E-state index contributed by atoms with van der Waals surface area (Å²) in [6.45, 7) is 1.93. The van der Waals surface area contributed by atoms with E-state index in [9.17, 15) is 4.79 Å². The first-order valence-corrected chi connectivity index (χ1v) is 10.8. The molecule has 3 rings (SSSR count). The summed E-state index contributed by atoms with van der Waals surface area (Å²) in [5.41, 5.74) is 2.84. The van der Waals surface area contributed by atoms with E-state index in [1.807, 2.05) is 49.4 Å². The normalized spacial score (nSPS) is 10.4. The minimum absolute atomic E-state index is 0.370. The Labute approximate surface area is 194 Å². The van der Waals surface area contributed by atoms with Gasteiger partial charge in [0.1, 0.15) is 0 Å². The van der Waals surface area contributed by atoms with E-state index >= 15 is 0 Å². The van der Waals surface area contributed by atoms with Gasteiger partial charge in [-0.25, -0.2) is 4.79 Å². The number of nitrogens with one attached hydrogen (secondary N) is 2. The lowest BCUT2D eigenvalue weighted by atomic mass is 10.2. The summed E-state index contributed by atoms with van der Waals surface area (Å²) >= 11 is 19.2. The lowest BCUT2D eigenvalue weighted by Gasteiger charge is -2.15. The van der Waals surface area contributed by atoms with Gasteiger partial charge in [-0.1, -0.05) is 41.0 Å². The number of anilines is 2. The molecule has 0 atom stereocenters. The predicted molar refractivity (Wildman–Crippen MR) is 129 cm³/mol. The minimum atomic E-state index is -0.426. The van der Waals surface area contributed by atoms with Crippen molar-refractivity contribution >= 4 is 69.6 Å². The topological polar surface area (TPSA) is 50.4 Å². The smallest absolute Gasteiger partial charge is 0.337 e. The summed E-state index contributed by atoms with van der Waals surface area (Å²) in [7, 11) is 1.35. The Bertz CT molecular complexity index is 1090. The number of carbonyl (C=O) groups is 1. The van der Waals surface area contributed by atoms with E-state index in [4.69, 9.17) is 40.2 Å². The van der Waals surface area contributed by atoms with E-state index in [-0.39, 0.29) is 0 Å². The molecule has 2 N–H and O–H groups in total. The van der Waals surface area contributed by atoms with Crippen LogP contribution >= 0.6 is 47.2 Å². The highest BCUT2D eigenvalue weighted by Crippen LogP contribution is 2.35. The molecule has 8 heteroatoms. The molecule has 4 nitrogen and oxygen atoms in total. The van der Waals surface area contributed by atoms with Gasteiger partial charge in [0.2, 0.25) is 0 Å². The molecule has 3 aromatic rings. The van der Waals surface area contributed by atoms with Crippen molar-refractivity contribution in [1.29, 1.82) is 0 Å². The van der Waals surface area contributed by atoms with Crippen molar-refractivity contribution < 1.29 is 9.53 Å². The molecule has 0 aliphatic heterocycles. The molecule has 30 heavy (non-hydrogen) atoms. The molecule has 0 unspecified atom stereocenters. The fraction of sp³-hybridized carbons (Fsp3) is 0.0909. The second-order valence-electron chi connectivity index (χ2n) is 6.30. The van der Waals surface area contributed by atoms with Gasteiger partial charge in [0.25, 0.3) is 0 Å². The Kier molecular flexibility index (Phi) is 7.61. The highest BCUT2D eigenvalue weighted by Gasteiger charge is 2.13. The first kappa shape index (κ1) is 22.4. The van der Waals surface area contributed by atoms with E-state index in [0.29, 0.717) is 26.4 Å². The van der Waals surface area contributed by atoms with Crippen LogP contribution in [0.3, 0.4) is 0 Å². The standard InChI is InChI=1S/C22H18Cl2N2O2S2/c1-13-3-7-16(12-18(13)24)25-22(29)26-19-11-14(21(27)28-2)4-10-20(19)30-17-8-5-15(23)6-9-17/h3-12H,1-2H3,(H2,25,26,29). The zero-order valence-electron chi connectivity index (χ0n) is 16.2. The molecule has 0 radical (unpaired) electrons. The molecule has 3 aromatic carbocycles. The first-order chi connectivity index (χ1) is 14.4. The molecule has 0 saturated heterocycles. The van der Waals surface area contributed by atoms with Crippen molar-refractivity contribution in [3.05, 3.63) is 81.8 Å². The molecule has 0 heterocycles. The molecular formula is C22H18Cl2N2O2S2. The van der Waals surface area contributed by atoms with Gasteiger partial charge in [-0.15, -0.1) is 0 Å². The summed E-state index contributed by atoms with van der Waals surface area (Å²) in [5.74, 6) is -0.426. The van der Waals surface area contributed by atoms with Crippen LogP contribution in [0.5, 0.6) is 0 Å². The van der Waals surface area contributed by atoms with Gasteiger partial charge in [-0.2, -0.15) is 0 Å². The van der Waals surface area contributed by atoms with Gasteiger partial charge in [0.05, 0.1) is 18.4 Å². The van der Waals surface area contributed by atoms with Crippen molar-refractivity contribution in [2.24, 2.45) is 0 Å². The number of benzene rings is 3. The zero-order valence-corrected chi connectivity index (χ0v) is 19.3. The average Bonchev–Trinajstić information content (AvgIpc) is 2.73. The van der Waals surface area contributed by atoms with Crippen LogP contribution in [0.15, 0.2) is 70.5 Å². The van der Waals surface area contributed by atoms with Crippen molar-refractivity contribution in [1.82, 2.24) is 0 Å². The molecular weight excluding hydrogens is 459 g/mol. The van der Waals surface area contributed by atoms with Gasteiger partial charge in [-0.3, -0.25) is 0 Å². The van der Waals surface area contributed by atoms with Gasteiger partial charge >= 0.3 is 5.97 Å². The number of hydrogen-bond donors (Lipinski definition) is 2. The second kappa shape index (κ2) is 10.2. The summed E-state index contributed by atoms with van der Waals surface area (Å²) in [4.78, 5) is 13.9. The quantitative estimate of drug-likeness (QED) is 0.303. The number of carbonyl (C=O) groups excluding carboxylic acids is 1. The highest BCUT2D eigenvalue weighted by atomic mass is 35.5. The Hall–Kier alpha value is -2.25. The van der Waals surface area contributed by atoms with Crippen LogP contribution in [0.1, 0.15) is 15.9 Å². The zero-order chi connectivity index (χ0) is 21.7. The molecule has 0 aliphatic rings. The summed E-state index contributed by atoms with van der Waals surface area (Å²) in [6, 6.07) is 18.4.